The van der Waals surface area contributed by atoms with Gasteiger partial charge in [-0.1, -0.05) is 5.92 Å². The molecule has 0 unspecified atom stereocenters. The van der Waals surface area contributed by atoms with E-state index in [0.29, 0.717) is 0 Å². The average molecular weight is 298 g/mol. The fraction of sp³-hybridized carbons (Fsp3) is 0.733. The van der Waals surface area contributed by atoms with Gasteiger partial charge in [-0.3, -0.25) is 4.79 Å². The molecule has 2 atom stereocenters. The Bertz CT molecular complexity index is 435. The van der Waals surface area contributed by atoms with Crippen molar-refractivity contribution in [1.82, 2.24) is 5.32 Å². The quantitative estimate of drug-likeness (QED) is 0.609. The molecule has 0 aliphatic carbocycles. The first-order valence-electron chi connectivity index (χ1n) is 6.76. The molecule has 1 amide bonds. The summed E-state index contributed by atoms with van der Waals surface area (Å²) in [5, 5.41) is 2.48. The van der Waals surface area contributed by atoms with E-state index in [4.69, 9.17) is 15.2 Å². The maximum absolute atomic E-state index is 11.9. The zero-order valence-corrected chi connectivity index (χ0v) is 13.9. The van der Waals surface area contributed by atoms with Crippen molar-refractivity contribution >= 4 is 12.1 Å². The van der Waals surface area contributed by atoms with E-state index in [2.05, 4.69) is 17.2 Å². The van der Waals surface area contributed by atoms with Crippen LogP contribution in [-0.2, 0) is 14.3 Å². The van der Waals surface area contributed by atoms with Crippen molar-refractivity contribution in [2.75, 3.05) is 0 Å². The van der Waals surface area contributed by atoms with E-state index < -0.39 is 35.3 Å². The van der Waals surface area contributed by atoms with Gasteiger partial charge in [0, 0.05) is 0 Å². The lowest BCUT2D eigenvalue weighted by Gasteiger charge is -2.26. The SMILES string of the molecule is CC#C[C@H](NC(=O)OC(C)(C)C)[C@@H](N)C(=O)OC(C)(C)C. The maximum Gasteiger partial charge on any atom is 0.408 e. The second-order valence-electron chi connectivity index (χ2n) is 6.58. The molecule has 0 aliphatic heterocycles. The van der Waals surface area contributed by atoms with Crippen LogP contribution in [-0.4, -0.2) is 35.3 Å². The number of ether oxygens (including phenoxy) is 2. The van der Waals surface area contributed by atoms with E-state index in [-0.39, 0.29) is 0 Å². The van der Waals surface area contributed by atoms with Crippen LogP contribution in [0.3, 0.4) is 0 Å². The summed E-state index contributed by atoms with van der Waals surface area (Å²) in [5.41, 5.74) is 4.51. The summed E-state index contributed by atoms with van der Waals surface area (Å²) in [4.78, 5) is 23.7. The number of alkyl carbamates (subject to hydrolysis) is 1. The fourth-order valence-corrected chi connectivity index (χ4v) is 1.31. The number of amides is 1. The molecule has 0 fully saturated rings. The first-order chi connectivity index (χ1) is 9.35. The molecule has 21 heavy (non-hydrogen) atoms. The van der Waals surface area contributed by atoms with E-state index in [0.717, 1.165) is 0 Å². The van der Waals surface area contributed by atoms with Crippen molar-refractivity contribution in [2.45, 2.75) is 71.8 Å². The van der Waals surface area contributed by atoms with Crippen LogP contribution in [0.1, 0.15) is 48.5 Å². The highest BCUT2D eigenvalue weighted by Crippen LogP contribution is 2.10. The second kappa shape index (κ2) is 7.32. The molecule has 3 N–H and O–H groups in total. The van der Waals surface area contributed by atoms with Crippen molar-refractivity contribution in [3.05, 3.63) is 0 Å². The molecule has 0 bridgehead atoms. The topological polar surface area (TPSA) is 90.6 Å². The van der Waals surface area contributed by atoms with E-state index in [9.17, 15) is 9.59 Å². The molecule has 0 radical (unpaired) electrons. The third-order valence-electron chi connectivity index (χ3n) is 2.01. The number of nitrogens with two attached hydrogens (primary N) is 1. The van der Waals surface area contributed by atoms with Crippen LogP contribution < -0.4 is 11.1 Å². The van der Waals surface area contributed by atoms with E-state index in [1.165, 1.54) is 0 Å². The molecule has 0 saturated carbocycles. The molecule has 0 saturated heterocycles. The molecule has 120 valence electrons. The number of hydrogen-bond donors (Lipinski definition) is 2. The summed E-state index contributed by atoms with van der Waals surface area (Å²) in [6.45, 7) is 12.0. The minimum Gasteiger partial charge on any atom is -0.459 e. The van der Waals surface area contributed by atoms with Gasteiger partial charge in [0.15, 0.2) is 0 Å². The minimum absolute atomic E-state index is 0.633. The highest BCUT2D eigenvalue weighted by atomic mass is 16.6. The van der Waals surface area contributed by atoms with Gasteiger partial charge < -0.3 is 20.5 Å². The van der Waals surface area contributed by atoms with E-state index in [1.54, 1.807) is 48.5 Å². The lowest BCUT2D eigenvalue weighted by Crippen LogP contribution is -2.53. The van der Waals surface area contributed by atoms with Crippen LogP contribution in [0.2, 0.25) is 0 Å². The Labute approximate surface area is 126 Å². The normalized spacial score (nSPS) is 14.3. The predicted molar refractivity (Wildman–Crippen MR) is 80.4 cm³/mol. The highest BCUT2D eigenvalue weighted by Gasteiger charge is 2.30. The number of rotatable bonds is 3. The zero-order chi connectivity index (χ0) is 16.8. The van der Waals surface area contributed by atoms with Gasteiger partial charge in [-0.15, -0.1) is 5.92 Å². The third kappa shape index (κ3) is 8.92. The van der Waals surface area contributed by atoms with E-state index >= 15 is 0 Å². The zero-order valence-electron chi connectivity index (χ0n) is 13.9. The number of nitrogens with one attached hydrogen (secondary N) is 1. The van der Waals surface area contributed by atoms with Crippen molar-refractivity contribution in [2.24, 2.45) is 5.73 Å². The van der Waals surface area contributed by atoms with Gasteiger partial charge in [0.25, 0.3) is 0 Å². The third-order valence-corrected chi connectivity index (χ3v) is 2.01. The molecule has 0 aliphatic rings. The Kier molecular flexibility index (Phi) is 6.71. The van der Waals surface area contributed by atoms with Crippen LogP contribution in [0, 0.1) is 11.8 Å². The fourth-order valence-electron chi connectivity index (χ4n) is 1.31. The molecule has 0 rings (SSSR count). The van der Waals surface area contributed by atoms with Crippen molar-refractivity contribution < 1.29 is 19.1 Å². The summed E-state index contributed by atoms with van der Waals surface area (Å²) in [6.07, 6.45) is -0.686. The van der Waals surface area contributed by atoms with Gasteiger partial charge in [0.1, 0.15) is 23.3 Å². The molecular weight excluding hydrogens is 272 g/mol. The number of esters is 1. The lowest BCUT2D eigenvalue weighted by atomic mass is 10.1. The highest BCUT2D eigenvalue weighted by molar-refractivity contribution is 5.79. The molecule has 0 aromatic heterocycles. The molecule has 6 heteroatoms. The predicted octanol–water partition coefficient (Wildman–Crippen LogP) is 1.57. The van der Waals surface area contributed by atoms with Crippen molar-refractivity contribution in [3.63, 3.8) is 0 Å². The lowest BCUT2D eigenvalue weighted by molar-refractivity contribution is -0.156. The summed E-state index contributed by atoms with van der Waals surface area (Å²) in [7, 11) is 0. The van der Waals surface area contributed by atoms with Crippen molar-refractivity contribution in [1.29, 1.82) is 0 Å². The van der Waals surface area contributed by atoms with Crippen molar-refractivity contribution in [3.8, 4) is 11.8 Å². The standard InChI is InChI=1S/C15H26N2O4/c1-8-9-10(17-13(19)21-15(5,6)7)11(16)12(18)20-14(2,3)4/h10-11H,16H2,1-7H3,(H,17,19)/t10-,11+/m0/s1. The number of carbonyl (C=O) groups is 2. The van der Waals surface area contributed by atoms with Gasteiger partial charge in [0.05, 0.1) is 0 Å². The van der Waals surface area contributed by atoms with Crippen LogP contribution in [0.4, 0.5) is 4.79 Å². The van der Waals surface area contributed by atoms with Gasteiger partial charge in [0.2, 0.25) is 0 Å². The maximum atomic E-state index is 11.9. The summed E-state index contributed by atoms with van der Waals surface area (Å²) < 4.78 is 10.3. The van der Waals surface area contributed by atoms with Crippen LogP contribution in [0.5, 0.6) is 0 Å². The Morgan fingerprint density at radius 1 is 1.05 bits per heavy atom. The van der Waals surface area contributed by atoms with Gasteiger partial charge in [-0.2, -0.15) is 0 Å². The van der Waals surface area contributed by atoms with Gasteiger partial charge in [-0.05, 0) is 48.5 Å². The van der Waals surface area contributed by atoms with Crippen LogP contribution in [0.25, 0.3) is 0 Å². The average Bonchev–Trinajstić information content (AvgIpc) is 2.22. The minimum atomic E-state index is -1.09. The smallest absolute Gasteiger partial charge is 0.408 e. The molecule has 0 aromatic carbocycles. The van der Waals surface area contributed by atoms with Gasteiger partial charge >= 0.3 is 12.1 Å². The number of carbonyl (C=O) groups excluding carboxylic acids is 2. The first kappa shape index (κ1) is 19.3. The summed E-state index contributed by atoms with van der Waals surface area (Å²) >= 11 is 0. The van der Waals surface area contributed by atoms with Crippen LogP contribution in [0.15, 0.2) is 0 Å². The Hall–Kier alpha value is -1.74. The Morgan fingerprint density at radius 2 is 1.52 bits per heavy atom. The molecular formula is C15H26N2O4. The second-order valence-corrected chi connectivity index (χ2v) is 6.58. The number of hydrogen-bond acceptors (Lipinski definition) is 5. The molecule has 6 nitrogen and oxygen atoms in total. The summed E-state index contributed by atoms with van der Waals surface area (Å²) in [6, 6.07) is -1.97. The molecule has 0 aromatic rings. The summed E-state index contributed by atoms with van der Waals surface area (Å²) in [5.74, 6) is 4.67. The largest absolute Gasteiger partial charge is 0.459 e. The Balaban J connectivity index is 4.85. The molecule has 0 heterocycles. The molecule has 0 spiro atoms. The first-order valence-corrected chi connectivity index (χ1v) is 6.76. The van der Waals surface area contributed by atoms with E-state index in [1.807, 2.05) is 0 Å². The monoisotopic (exact) mass is 298 g/mol. The van der Waals surface area contributed by atoms with Gasteiger partial charge in [-0.25, -0.2) is 4.79 Å². The van der Waals surface area contributed by atoms with Crippen LogP contribution >= 0.6 is 0 Å². The Morgan fingerprint density at radius 3 is 1.90 bits per heavy atom.